The van der Waals surface area contributed by atoms with Gasteiger partial charge in [-0.3, -0.25) is 0 Å². The summed E-state index contributed by atoms with van der Waals surface area (Å²) in [6.45, 7) is 26.2. The van der Waals surface area contributed by atoms with Crippen molar-refractivity contribution in [2.24, 2.45) is 17.6 Å². The minimum Gasteiger partial charge on any atom is -0.399 e. The largest absolute Gasteiger partial charge is 0.399 e. The van der Waals surface area contributed by atoms with E-state index in [4.69, 9.17) is 5.73 Å². The zero-order valence-electron chi connectivity index (χ0n) is 25.8. The molecule has 216 valence electrons. The molecule has 0 amide bonds. The maximum absolute atomic E-state index is 13.9. The van der Waals surface area contributed by atoms with E-state index >= 15 is 0 Å². The highest BCUT2D eigenvalue weighted by Crippen LogP contribution is 2.48. The highest BCUT2D eigenvalue weighted by atomic mass is 19.3. The van der Waals surface area contributed by atoms with E-state index in [9.17, 15) is 8.78 Å². The summed E-state index contributed by atoms with van der Waals surface area (Å²) in [6.07, 6.45) is 3.63. The van der Waals surface area contributed by atoms with Crippen LogP contribution in [0.2, 0.25) is 0 Å². The van der Waals surface area contributed by atoms with Crippen molar-refractivity contribution in [3.05, 3.63) is 64.0 Å². The Kier molecular flexibility index (Phi) is 14.3. The molecular formula is C33H55F2N3. The average Bonchev–Trinajstić information content (AvgIpc) is 3.55. The van der Waals surface area contributed by atoms with Gasteiger partial charge in [0.05, 0.1) is 0 Å². The first-order chi connectivity index (χ1) is 18.2. The van der Waals surface area contributed by atoms with Crippen molar-refractivity contribution in [3.63, 3.8) is 0 Å². The van der Waals surface area contributed by atoms with Crippen LogP contribution in [-0.2, 0) is 19.4 Å². The Morgan fingerprint density at radius 3 is 2.29 bits per heavy atom. The molecule has 0 saturated heterocycles. The molecule has 3 nitrogen and oxygen atoms in total. The molecule has 1 aliphatic carbocycles. The Labute approximate surface area is 232 Å². The maximum Gasteiger partial charge on any atom is 0.264 e. The van der Waals surface area contributed by atoms with Crippen molar-refractivity contribution >= 4 is 5.70 Å². The number of nitrogens with zero attached hydrogens (tertiary/aromatic N) is 1. The standard InChI is InChI=1S/C27H37F2N3.3C2H6/c1-6-26-21(18(5)30)8-10-32(26)19-11-15(2)22(12-19)17(4)23-13-24(27(28)29)16(3)20-7-9-31-14-25(20)23;3*1-2/h8,10,13,15,17,19,22,27,31H,5-7,9,11-12,14,30H2,1-4H3;3*1-2H3. The predicted molar refractivity (Wildman–Crippen MR) is 162 cm³/mol. The van der Waals surface area contributed by atoms with Crippen LogP contribution in [0.5, 0.6) is 0 Å². The molecule has 1 fully saturated rings. The van der Waals surface area contributed by atoms with Crippen LogP contribution in [0.4, 0.5) is 8.78 Å². The van der Waals surface area contributed by atoms with E-state index in [-0.39, 0.29) is 11.5 Å². The second-order valence-electron chi connectivity index (χ2n) is 9.88. The van der Waals surface area contributed by atoms with E-state index in [1.54, 1.807) is 0 Å². The number of nitrogens with two attached hydrogens (primary N) is 1. The van der Waals surface area contributed by atoms with E-state index in [1.165, 1.54) is 11.3 Å². The zero-order chi connectivity index (χ0) is 29.2. The molecule has 1 saturated carbocycles. The summed E-state index contributed by atoms with van der Waals surface area (Å²) in [5.74, 6) is 1.22. The van der Waals surface area contributed by atoms with Crippen LogP contribution in [-0.4, -0.2) is 11.1 Å². The number of nitrogens with one attached hydrogen (secondary N) is 1. The van der Waals surface area contributed by atoms with Crippen LogP contribution in [0.25, 0.3) is 5.70 Å². The summed E-state index contributed by atoms with van der Waals surface area (Å²) in [6, 6.07) is 4.31. The average molecular weight is 532 g/mol. The molecule has 2 aromatic rings. The van der Waals surface area contributed by atoms with Crippen molar-refractivity contribution in [1.82, 2.24) is 9.88 Å². The van der Waals surface area contributed by atoms with Gasteiger partial charge in [0.1, 0.15) is 0 Å². The van der Waals surface area contributed by atoms with Gasteiger partial charge in [-0.05, 0) is 91.3 Å². The number of aromatic nitrogens is 1. The lowest BCUT2D eigenvalue weighted by Gasteiger charge is -2.31. The number of benzene rings is 1. The lowest BCUT2D eigenvalue weighted by atomic mass is 9.76. The first-order valence-electron chi connectivity index (χ1n) is 15.0. The molecule has 0 spiro atoms. The van der Waals surface area contributed by atoms with E-state index in [0.717, 1.165) is 61.0 Å². The summed E-state index contributed by atoms with van der Waals surface area (Å²) in [5.41, 5.74) is 13.5. The van der Waals surface area contributed by atoms with Gasteiger partial charge in [0, 0.05) is 41.3 Å². The van der Waals surface area contributed by atoms with Crippen molar-refractivity contribution in [2.45, 2.75) is 120 Å². The number of hydrogen-bond donors (Lipinski definition) is 2. The third-order valence-corrected chi connectivity index (χ3v) is 8.15. The highest BCUT2D eigenvalue weighted by molar-refractivity contribution is 5.62. The van der Waals surface area contributed by atoms with Crippen molar-refractivity contribution < 1.29 is 8.78 Å². The molecule has 1 aromatic heterocycles. The quantitative estimate of drug-likeness (QED) is 0.390. The second kappa shape index (κ2) is 16.1. The molecule has 4 atom stereocenters. The molecule has 1 aromatic carbocycles. The maximum atomic E-state index is 13.9. The van der Waals surface area contributed by atoms with Crippen LogP contribution >= 0.6 is 0 Å². The number of hydrogen-bond acceptors (Lipinski definition) is 2. The number of rotatable bonds is 6. The van der Waals surface area contributed by atoms with Crippen LogP contribution in [0.15, 0.2) is 24.9 Å². The summed E-state index contributed by atoms with van der Waals surface area (Å²) in [5, 5.41) is 3.47. The third kappa shape index (κ3) is 7.08. The molecule has 3 N–H and O–H groups in total. The molecule has 4 rings (SSSR count). The number of alkyl halides is 2. The fourth-order valence-corrected chi connectivity index (χ4v) is 6.43. The molecule has 1 aliphatic heterocycles. The van der Waals surface area contributed by atoms with Crippen LogP contribution in [0.1, 0.15) is 133 Å². The van der Waals surface area contributed by atoms with Gasteiger partial charge < -0.3 is 15.6 Å². The van der Waals surface area contributed by atoms with E-state index in [0.29, 0.717) is 23.6 Å². The topological polar surface area (TPSA) is 43.0 Å². The Balaban J connectivity index is 0.00000112. The van der Waals surface area contributed by atoms with Gasteiger partial charge in [0.25, 0.3) is 6.43 Å². The lowest BCUT2D eigenvalue weighted by molar-refractivity contribution is 0.150. The molecule has 38 heavy (non-hydrogen) atoms. The normalized spacial score (nSPS) is 20.7. The minimum atomic E-state index is -2.43. The van der Waals surface area contributed by atoms with E-state index < -0.39 is 6.43 Å². The first-order valence-corrected chi connectivity index (χ1v) is 15.0. The first kappa shape index (κ1) is 33.9. The summed E-state index contributed by atoms with van der Waals surface area (Å²) in [7, 11) is 0. The Bertz CT molecular complexity index is 1010. The number of halogens is 2. The van der Waals surface area contributed by atoms with Gasteiger partial charge in [0.15, 0.2) is 0 Å². The van der Waals surface area contributed by atoms with Crippen molar-refractivity contribution in [3.8, 4) is 0 Å². The van der Waals surface area contributed by atoms with Crippen LogP contribution < -0.4 is 11.1 Å². The molecule has 0 radical (unpaired) electrons. The van der Waals surface area contributed by atoms with Gasteiger partial charge in [-0.25, -0.2) is 8.78 Å². The predicted octanol–water partition coefficient (Wildman–Crippen LogP) is 9.34. The Morgan fingerprint density at radius 1 is 1.11 bits per heavy atom. The van der Waals surface area contributed by atoms with Crippen molar-refractivity contribution in [2.75, 3.05) is 6.54 Å². The van der Waals surface area contributed by atoms with Gasteiger partial charge in [-0.15, -0.1) is 0 Å². The molecular weight excluding hydrogens is 476 g/mol. The van der Waals surface area contributed by atoms with Crippen molar-refractivity contribution in [1.29, 1.82) is 0 Å². The van der Waals surface area contributed by atoms with E-state index in [1.807, 2.05) is 54.5 Å². The Morgan fingerprint density at radius 2 is 1.74 bits per heavy atom. The van der Waals surface area contributed by atoms with Gasteiger partial charge in [-0.2, -0.15) is 0 Å². The molecule has 2 heterocycles. The monoisotopic (exact) mass is 531 g/mol. The van der Waals surface area contributed by atoms with Gasteiger partial charge in [-0.1, -0.05) is 68.9 Å². The molecule has 4 unspecified atom stereocenters. The fourth-order valence-electron chi connectivity index (χ4n) is 6.43. The third-order valence-electron chi connectivity index (χ3n) is 8.15. The van der Waals surface area contributed by atoms with Crippen LogP contribution in [0, 0.1) is 18.8 Å². The second-order valence-corrected chi connectivity index (χ2v) is 9.88. The SMILES string of the molecule is C=C(N)c1ccn(C2CC(C)C(C(C)c3cc(C(F)F)c(C)c4c3CNCC4)C2)c1CC.CC.CC.CC. The van der Waals surface area contributed by atoms with E-state index in [2.05, 4.69) is 49.5 Å². The Hall–Kier alpha value is -2.14. The molecule has 0 bridgehead atoms. The highest BCUT2D eigenvalue weighted by Gasteiger charge is 2.38. The lowest BCUT2D eigenvalue weighted by Crippen LogP contribution is -2.28. The molecule has 5 heteroatoms. The summed E-state index contributed by atoms with van der Waals surface area (Å²) in [4.78, 5) is 0. The fraction of sp³-hybridized carbons (Fsp3) is 0.636. The number of fused-ring (bicyclic) bond motifs is 1. The summed E-state index contributed by atoms with van der Waals surface area (Å²) >= 11 is 0. The van der Waals surface area contributed by atoms with Gasteiger partial charge in [0.2, 0.25) is 0 Å². The smallest absolute Gasteiger partial charge is 0.264 e. The zero-order valence-corrected chi connectivity index (χ0v) is 25.8. The minimum absolute atomic E-state index is 0.222. The van der Waals surface area contributed by atoms with Gasteiger partial charge >= 0.3 is 0 Å². The van der Waals surface area contributed by atoms with Crippen LogP contribution in [0.3, 0.4) is 0 Å². The molecule has 2 aliphatic rings. The summed E-state index contributed by atoms with van der Waals surface area (Å²) < 4.78 is 30.2.